The van der Waals surface area contributed by atoms with Crippen LogP contribution >= 0.6 is 0 Å². The van der Waals surface area contributed by atoms with Crippen LogP contribution < -0.4 is 14.8 Å². The number of aliphatic hydroxyl groups excluding tert-OH is 1. The zero-order chi connectivity index (χ0) is 34.7. The zero-order valence-corrected chi connectivity index (χ0v) is 28.0. The number of hydrogen-bond acceptors (Lipinski definition) is 10. The van der Waals surface area contributed by atoms with E-state index in [1.807, 2.05) is 24.3 Å². The Morgan fingerprint density at radius 1 is 1.08 bits per heavy atom. The van der Waals surface area contributed by atoms with Crippen LogP contribution in [0.25, 0.3) is 33.6 Å². The highest BCUT2D eigenvalue weighted by Gasteiger charge is 2.38. The molecule has 0 saturated carbocycles. The molecule has 4 aromatic rings. The Labute approximate surface area is 284 Å². The van der Waals surface area contributed by atoms with E-state index in [9.17, 15) is 20.0 Å². The third-order valence-corrected chi connectivity index (χ3v) is 8.60. The number of methoxy groups -OCH3 is 1. The number of pyridine rings is 1. The number of carbonyl (C=O) groups is 2. The predicted octanol–water partition coefficient (Wildman–Crippen LogP) is 5.70. The number of rotatable bonds is 8. The molecule has 2 amide bonds. The predicted molar refractivity (Wildman–Crippen MR) is 180 cm³/mol. The van der Waals surface area contributed by atoms with Crippen molar-refractivity contribution in [3.63, 3.8) is 0 Å². The Morgan fingerprint density at radius 3 is 2.59 bits per heavy atom. The van der Waals surface area contributed by atoms with Crippen molar-refractivity contribution in [2.24, 2.45) is 0 Å². The molecule has 12 nitrogen and oxygen atoms in total. The Kier molecular flexibility index (Phi) is 9.76. The number of nitrogens with zero attached hydrogens (tertiary/aromatic N) is 3. The standard InChI is InChI=1S/C37H40N4O8/c1-37(2,3)49-36(44)41-20-25(17-26(41)21-42)40-35(43)23-5-7-29(32(16-23)45-4)33-18-30-34(48-33)28(9-12-39-30)22-6-8-31(24(15-22)19-38)47-27-10-13-46-14-11-27/h5-9,12,15-16,18,25-27,42H,10-11,13-14,17,20-21H2,1-4H3,(H,40,43)/t25-,26+/m1/s1. The molecule has 2 N–H and O–H groups in total. The molecular weight excluding hydrogens is 628 g/mol. The van der Waals surface area contributed by atoms with Crippen molar-refractivity contribution in [1.29, 1.82) is 5.26 Å². The van der Waals surface area contributed by atoms with Gasteiger partial charge in [-0.3, -0.25) is 9.78 Å². The molecule has 2 aromatic heterocycles. The van der Waals surface area contributed by atoms with E-state index in [0.29, 0.717) is 64.7 Å². The van der Waals surface area contributed by atoms with E-state index < -0.39 is 17.7 Å². The lowest BCUT2D eigenvalue weighted by atomic mass is 10.0. The maximum absolute atomic E-state index is 13.3. The summed E-state index contributed by atoms with van der Waals surface area (Å²) in [5, 5.41) is 22.8. The van der Waals surface area contributed by atoms with Crippen molar-refractivity contribution >= 4 is 23.1 Å². The number of hydrogen-bond donors (Lipinski definition) is 2. The van der Waals surface area contributed by atoms with Crippen molar-refractivity contribution in [3.05, 3.63) is 65.9 Å². The Bertz CT molecular complexity index is 1890. The zero-order valence-electron chi connectivity index (χ0n) is 28.0. The molecule has 0 bridgehead atoms. The summed E-state index contributed by atoms with van der Waals surface area (Å²) in [4.78, 5) is 32.0. The molecule has 0 unspecified atom stereocenters. The number of likely N-dealkylation sites (tertiary alicyclic amines) is 1. The molecule has 49 heavy (non-hydrogen) atoms. The van der Waals surface area contributed by atoms with Gasteiger partial charge in [0.05, 0.1) is 44.1 Å². The first-order valence-corrected chi connectivity index (χ1v) is 16.3. The summed E-state index contributed by atoms with van der Waals surface area (Å²) >= 11 is 0. The first-order chi connectivity index (χ1) is 23.6. The summed E-state index contributed by atoms with van der Waals surface area (Å²) in [5.41, 5.74) is 3.43. The number of benzene rings is 2. The number of nitriles is 1. The van der Waals surface area contributed by atoms with Gasteiger partial charge in [0.1, 0.15) is 40.6 Å². The van der Waals surface area contributed by atoms with E-state index in [-0.39, 0.29) is 31.2 Å². The van der Waals surface area contributed by atoms with Crippen LogP contribution in [0, 0.1) is 11.3 Å². The maximum atomic E-state index is 13.3. The Morgan fingerprint density at radius 2 is 1.88 bits per heavy atom. The molecule has 2 aliphatic heterocycles. The minimum Gasteiger partial charge on any atom is -0.496 e. The molecule has 2 saturated heterocycles. The highest BCUT2D eigenvalue weighted by molar-refractivity contribution is 5.97. The van der Waals surface area contributed by atoms with Crippen LogP contribution in [0.15, 0.2) is 59.1 Å². The second-order valence-corrected chi connectivity index (χ2v) is 13.2. The molecule has 2 fully saturated rings. The Hall–Kier alpha value is -5.12. The van der Waals surface area contributed by atoms with Crippen LogP contribution in [0.4, 0.5) is 4.79 Å². The fourth-order valence-corrected chi connectivity index (χ4v) is 6.20. The van der Waals surface area contributed by atoms with Gasteiger partial charge in [0.15, 0.2) is 5.58 Å². The van der Waals surface area contributed by atoms with E-state index in [2.05, 4.69) is 16.4 Å². The van der Waals surface area contributed by atoms with E-state index in [4.69, 9.17) is 23.4 Å². The lowest BCUT2D eigenvalue weighted by Crippen LogP contribution is -2.42. The third-order valence-electron chi connectivity index (χ3n) is 8.60. The van der Waals surface area contributed by atoms with Gasteiger partial charge in [-0.15, -0.1) is 0 Å². The number of carbonyl (C=O) groups excluding carboxylic acids is 2. The minimum absolute atomic E-state index is 0.00950. The van der Waals surface area contributed by atoms with E-state index in [1.165, 1.54) is 12.0 Å². The van der Waals surface area contributed by atoms with Crippen LogP contribution in [-0.2, 0) is 9.47 Å². The van der Waals surface area contributed by atoms with Gasteiger partial charge < -0.3 is 38.7 Å². The van der Waals surface area contributed by atoms with Crippen molar-refractivity contribution < 1.29 is 38.1 Å². The van der Waals surface area contributed by atoms with Crippen molar-refractivity contribution in [3.8, 4) is 40.0 Å². The molecule has 6 rings (SSSR count). The number of nitrogens with one attached hydrogen (secondary N) is 1. The number of ether oxygens (including phenoxy) is 4. The van der Waals surface area contributed by atoms with Crippen LogP contribution in [0.5, 0.6) is 11.5 Å². The summed E-state index contributed by atoms with van der Waals surface area (Å²) < 4.78 is 29.1. The average Bonchev–Trinajstić information content (AvgIpc) is 3.72. The van der Waals surface area contributed by atoms with Gasteiger partial charge in [-0.25, -0.2) is 4.79 Å². The summed E-state index contributed by atoms with van der Waals surface area (Å²) in [6.45, 7) is 6.60. The summed E-state index contributed by atoms with van der Waals surface area (Å²) in [5.74, 6) is 1.11. The van der Waals surface area contributed by atoms with Gasteiger partial charge in [0, 0.05) is 48.8 Å². The van der Waals surface area contributed by atoms with E-state index >= 15 is 0 Å². The fourth-order valence-electron chi connectivity index (χ4n) is 6.20. The van der Waals surface area contributed by atoms with Crippen LogP contribution in [0.2, 0.25) is 0 Å². The molecule has 2 aliphatic rings. The number of fused-ring (bicyclic) bond motifs is 1. The fraction of sp³-hybridized carbons (Fsp3) is 0.405. The lowest BCUT2D eigenvalue weighted by Gasteiger charge is -2.27. The van der Waals surface area contributed by atoms with Gasteiger partial charge >= 0.3 is 6.09 Å². The minimum atomic E-state index is -0.680. The monoisotopic (exact) mass is 668 g/mol. The third kappa shape index (κ3) is 7.48. The van der Waals surface area contributed by atoms with Crippen molar-refractivity contribution in [2.75, 3.05) is 33.5 Å². The number of furan rings is 1. The molecule has 0 radical (unpaired) electrons. The Balaban J connectivity index is 1.21. The SMILES string of the molecule is COc1cc(C(=O)N[C@@H]2C[C@@H](CO)N(C(=O)OC(C)(C)C)C2)ccc1-c1cc2nccc(-c3ccc(OC4CCOCC4)c(C#N)c3)c2o1. The second-order valence-electron chi connectivity index (χ2n) is 13.2. The summed E-state index contributed by atoms with van der Waals surface area (Å²) in [6.07, 6.45) is 3.13. The van der Waals surface area contributed by atoms with Crippen LogP contribution in [0.1, 0.15) is 56.0 Å². The summed E-state index contributed by atoms with van der Waals surface area (Å²) in [7, 11) is 1.52. The largest absolute Gasteiger partial charge is 0.496 e. The van der Waals surface area contributed by atoms with Crippen molar-refractivity contribution in [2.45, 2.75) is 63.8 Å². The molecule has 256 valence electrons. The number of aliphatic hydroxyl groups is 1. The first-order valence-electron chi connectivity index (χ1n) is 16.3. The van der Waals surface area contributed by atoms with Crippen LogP contribution in [0.3, 0.4) is 0 Å². The first kappa shape index (κ1) is 33.8. The van der Waals surface area contributed by atoms with Crippen molar-refractivity contribution in [1.82, 2.24) is 15.2 Å². The van der Waals surface area contributed by atoms with E-state index in [0.717, 1.165) is 24.0 Å². The molecule has 2 aromatic carbocycles. The molecule has 2 atom stereocenters. The summed E-state index contributed by atoms with van der Waals surface area (Å²) in [6, 6.07) is 15.6. The second kappa shape index (κ2) is 14.2. The van der Waals surface area contributed by atoms with Gasteiger partial charge in [0.25, 0.3) is 5.91 Å². The van der Waals surface area contributed by atoms with Gasteiger partial charge in [0.2, 0.25) is 0 Å². The number of amides is 2. The average molecular weight is 669 g/mol. The quantitative estimate of drug-likeness (QED) is 0.239. The molecule has 4 heterocycles. The molecular formula is C37H40N4O8. The molecule has 0 spiro atoms. The highest BCUT2D eigenvalue weighted by Crippen LogP contribution is 2.38. The lowest BCUT2D eigenvalue weighted by molar-refractivity contribution is 0.0173. The van der Waals surface area contributed by atoms with Gasteiger partial charge in [-0.1, -0.05) is 6.07 Å². The van der Waals surface area contributed by atoms with E-state index in [1.54, 1.807) is 51.2 Å². The maximum Gasteiger partial charge on any atom is 0.410 e. The number of aromatic nitrogens is 1. The van der Waals surface area contributed by atoms with Crippen LogP contribution in [-0.4, -0.2) is 84.3 Å². The normalized spacial score (nSPS) is 18.2. The molecule has 0 aliphatic carbocycles. The molecule has 12 heteroatoms. The highest BCUT2D eigenvalue weighted by atomic mass is 16.6. The smallest absolute Gasteiger partial charge is 0.410 e. The topological polar surface area (TPSA) is 156 Å². The van der Waals surface area contributed by atoms with Gasteiger partial charge in [-0.05, 0) is 69.2 Å². The van der Waals surface area contributed by atoms with Gasteiger partial charge in [-0.2, -0.15) is 5.26 Å².